The number of aryl methyl sites for hydroxylation is 1. The second-order valence-electron chi connectivity index (χ2n) is 7.13. The maximum absolute atomic E-state index is 14.8. The third kappa shape index (κ3) is 3.46. The zero-order valence-electron chi connectivity index (χ0n) is 16.1. The van der Waals surface area contributed by atoms with Crippen LogP contribution >= 0.6 is 23.7 Å². The average molecular weight is 433 g/mol. The summed E-state index contributed by atoms with van der Waals surface area (Å²) in [5, 5.41) is 13.5. The van der Waals surface area contributed by atoms with E-state index in [2.05, 4.69) is 4.98 Å². The van der Waals surface area contributed by atoms with Crippen LogP contribution in [0.4, 0.5) is 4.39 Å². The molecular weight excluding hydrogens is 411 g/mol. The maximum Gasteiger partial charge on any atom is 0.266 e. The van der Waals surface area contributed by atoms with E-state index < -0.39 is 0 Å². The maximum atomic E-state index is 14.8. The zero-order valence-corrected chi connectivity index (χ0v) is 17.7. The van der Waals surface area contributed by atoms with Gasteiger partial charge in [0.2, 0.25) is 0 Å². The van der Waals surface area contributed by atoms with Crippen LogP contribution in [0.5, 0.6) is 0 Å². The number of hydrogen-bond donors (Lipinski definition) is 3. The predicted molar refractivity (Wildman–Crippen MR) is 121 cm³/mol. The fourth-order valence-corrected chi connectivity index (χ4v) is 4.63. The molecule has 0 aliphatic carbocycles. The number of rotatable bonds is 4. The molecule has 0 unspecified atom stereocenters. The molecule has 0 saturated carbocycles. The Morgan fingerprint density at radius 1 is 1.28 bits per heavy atom. The lowest BCUT2D eigenvalue weighted by Gasteiger charge is -2.17. The first-order valence-electron chi connectivity index (χ1n) is 9.12. The number of pyridine rings is 1. The molecule has 4 aromatic rings. The van der Waals surface area contributed by atoms with E-state index in [-0.39, 0.29) is 36.3 Å². The lowest BCUT2D eigenvalue weighted by Crippen LogP contribution is -2.10. The van der Waals surface area contributed by atoms with Crippen LogP contribution in [0.2, 0.25) is 0 Å². The average Bonchev–Trinajstić information content (AvgIpc) is 3.18. The van der Waals surface area contributed by atoms with Gasteiger partial charge in [-0.3, -0.25) is 4.79 Å². The molecule has 0 fully saturated rings. The standard InChI is InChI=1S/C22H21FN2O2S.ClH/c1-11-7-14(10-26)18(13-3-4-15(12(2)9-24)17(23)8-13)19-16-5-6-28-21(16)22(27)25-20(11)19;/h3-8,12,26H,9-10,24H2,1-2H3,(H,25,27);1H/t12-;/m1./s1. The van der Waals surface area contributed by atoms with Gasteiger partial charge in [0, 0.05) is 10.8 Å². The van der Waals surface area contributed by atoms with E-state index in [0.29, 0.717) is 33.5 Å². The Bertz CT molecular complexity index is 1270. The largest absolute Gasteiger partial charge is 0.392 e. The number of hydrogen-bond acceptors (Lipinski definition) is 4. The summed E-state index contributed by atoms with van der Waals surface area (Å²) in [5.74, 6) is -0.403. The second kappa shape index (κ2) is 8.24. The third-order valence-electron chi connectivity index (χ3n) is 5.33. The van der Waals surface area contributed by atoms with Gasteiger partial charge in [-0.25, -0.2) is 4.39 Å². The van der Waals surface area contributed by atoms with Gasteiger partial charge in [0.15, 0.2) is 0 Å². The number of nitrogens with one attached hydrogen (secondary N) is 1. The van der Waals surface area contributed by atoms with Gasteiger partial charge in [-0.1, -0.05) is 25.1 Å². The van der Waals surface area contributed by atoms with Crippen LogP contribution in [0.15, 0.2) is 40.5 Å². The van der Waals surface area contributed by atoms with Gasteiger partial charge in [-0.2, -0.15) is 0 Å². The van der Waals surface area contributed by atoms with Crippen molar-refractivity contribution in [1.82, 2.24) is 4.98 Å². The molecule has 0 spiro atoms. The first-order chi connectivity index (χ1) is 13.5. The molecule has 7 heteroatoms. The molecule has 29 heavy (non-hydrogen) atoms. The Labute approximate surface area is 177 Å². The molecule has 0 radical (unpaired) electrons. The fourth-order valence-electron chi connectivity index (χ4n) is 3.83. The van der Waals surface area contributed by atoms with Crippen molar-refractivity contribution in [3.05, 3.63) is 68.6 Å². The number of aliphatic hydroxyl groups excluding tert-OH is 1. The number of nitrogens with two attached hydrogens (primary N) is 1. The van der Waals surface area contributed by atoms with Crippen molar-refractivity contribution >= 4 is 44.7 Å². The Morgan fingerprint density at radius 3 is 2.69 bits per heavy atom. The smallest absolute Gasteiger partial charge is 0.266 e. The molecule has 2 aromatic heterocycles. The van der Waals surface area contributed by atoms with E-state index >= 15 is 0 Å². The molecule has 0 bridgehead atoms. The normalized spacial score (nSPS) is 12.3. The lowest BCUT2D eigenvalue weighted by molar-refractivity contribution is 0.282. The molecule has 0 saturated heterocycles. The number of aromatic nitrogens is 1. The summed E-state index contributed by atoms with van der Waals surface area (Å²) >= 11 is 1.37. The van der Waals surface area contributed by atoms with Crippen LogP contribution in [-0.4, -0.2) is 16.6 Å². The highest BCUT2D eigenvalue weighted by molar-refractivity contribution is 7.17. The van der Waals surface area contributed by atoms with E-state index in [9.17, 15) is 14.3 Å². The van der Waals surface area contributed by atoms with Crippen molar-refractivity contribution in [2.45, 2.75) is 26.4 Å². The predicted octanol–water partition coefficient (Wildman–Crippen LogP) is 4.83. The highest BCUT2D eigenvalue weighted by Crippen LogP contribution is 2.39. The number of H-pyrrole nitrogens is 1. The molecule has 0 aliphatic heterocycles. The van der Waals surface area contributed by atoms with Crippen LogP contribution < -0.4 is 11.3 Å². The SMILES string of the molecule is Cc1cc(CO)c(-c2ccc([C@H](C)CN)c(F)c2)c2c1[nH]c(=O)c1sccc12.Cl. The summed E-state index contributed by atoms with van der Waals surface area (Å²) in [6, 6.07) is 8.86. The topological polar surface area (TPSA) is 79.1 Å². The summed E-state index contributed by atoms with van der Waals surface area (Å²) in [6.45, 7) is 3.96. The van der Waals surface area contributed by atoms with Gasteiger partial charge >= 0.3 is 0 Å². The van der Waals surface area contributed by atoms with Gasteiger partial charge in [-0.05, 0) is 64.7 Å². The molecule has 4 rings (SSSR count). The summed E-state index contributed by atoms with van der Waals surface area (Å²) in [7, 11) is 0. The van der Waals surface area contributed by atoms with E-state index in [0.717, 1.165) is 21.9 Å². The van der Waals surface area contributed by atoms with E-state index in [1.165, 1.54) is 17.4 Å². The van der Waals surface area contributed by atoms with Crippen LogP contribution in [0.25, 0.3) is 32.1 Å². The molecule has 2 aromatic carbocycles. The molecule has 152 valence electrons. The summed E-state index contributed by atoms with van der Waals surface area (Å²) in [5.41, 5.74) is 9.81. The molecule has 0 aliphatic rings. The van der Waals surface area contributed by atoms with Crippen LogP contribution in [0.1, 0.15) is 29.5 Å². The zero-order chi connectivity index (χ0) is 20.0. The number of aliphatic hydroxyl groups is 1. The van der Waals surface area contributed by atoms with Crippen molar-refractivity contribution in [3.8, 4) is 11.1 Å². The molecule has 1 atom stereocenters. The first kappa shape index (κ1) is 21.5. The van der Waals surface area contributed by atoms with Crippen LogP contribution in [0.3, 0.4) is 0 Å². The second-order valence-corrected chi connectivity index (χ2v) is 8.04. The van der Waals surface area contributed by atoms with Crippen molar-refractivity contribution in [2.24, 2.45) is 5.73 Å². The molecule has 4 nitrogen and oxygen atoms in total. The number of thiophene rings is 1. The Kier molecular flexibility index (Phi) is 6.10. The monoisotopic (exact) mass is 432 g/mol. The minimum Gasteiger partial charge on any atom is -0.392 e. The molecular formula is C22H22ClFN2O2S. The molecule has 4 N–H and O–H groups in total. The van der Waals surface area contributed by atoms with Gasteiger partial charge in [0.1, 0.15) is 10.5 Å². The molecule has 2 heterocycles. The minimum atomic E-state index is -0.320. The quantitative estimate of drug-likeness (QED) is 0.432. The van der Waals surface area contributed by atoms with Crippen molar-refractivity contribution in [3.63, 3.8) is 0 Å². The van der Waals surface area contributed by atoms with E-state index in [1.54, 1.807) is 6.07 Å². The summed E-state index contributed by atoms with van der Waals surface area (Å²) in [4.78, 5) is 15.4. The van der Waals surface area contributed by atoms with Crippen molar-refractivity contribution in [2.75, 3.05) is 6.54 Å². The Hall–Kier alpha value is -2.25. The number of benzene rings is 2. The Morgan fingerprint density at radius 2 is 2.03 bits per heavy atom. The van der Waals surface area contributed by atoms with Crippen molar-refractivity contribution in [1.29, 1.82) is 0 Å². The van der Waals surface area contributed by atoms with Gasteiger partial charge < -0.3 is 15.8 Å². The minimum absolute atomic E-state index is 0. The summed E-state index contributed by atoms with van der Waals surface area (Å²) in [6.07, 6.45) is 0. The number of fused-ring (bicyclic) bond motifs is 3. The molecule has 0 amide bonds. The third-order valence-corrected chi connectivity index (χ3v) is 6.24. The number of aromatic amines is 1. The van der Waals surface area contributed by atoms with Gasteiger partial charge in [-0.15, -0.1) is 23.7 Å². The number of halogens is 2. The van der Waals surface area contributed by atoms with Gasteiger partial charge in [0.05, 0.1) is 12.1 Å². The highest BCUT2D eigenvalue weighted by Gasteiger charge is 2.19. The Balaban J connectivity index is 0.00000240. The van der Waals surface area contributed by atoms with E-state index in [4.69, 9.17) is 5.73 Å². The lowest BCUT2D eigenvalue weighted by atomic mass is 9.90. The van der Waals surface area contributed by atoms with Crippen LogP contribution in [0, 0.1) is 12.7 Å². The van der Waals surface area contributed by atoms with E-state index in [1.807, 2.05) is 37.4 Å². The fraction of sp³-hybridized carbons (Fsp3) is 0.227. The summed E-state index contributed by atoms with van der Waals surface area (Å²) < 4.78 is 15.5. The van der Waals surface area contributed by atoms with Crippen molar-refractivity contribution < 1.29 is 9.50 Å². The highest BCUT2D eigenvalue weighted by atomic mass is 35.5. The first-order valence-corrected chi connectivity index (χ1v) is 10.0. The van der Waals surface area contributed by atoms with Gasteiger partial charge in [0.25, 0.3) is 5.56 Å². The van der Waals surface area contributed by atoms with Crippen LogP contribution in [-0.2, 0) is 6.61 Å².